The Kier molecular flexibility index (Phi) is 5.50. The number of piperidine rings is 1. The number of nitrogens with zero attached hydrogens (tertiary/aromatic N) is 3. The van der Waals surface area contributed by atoms with Crippen LogP contribution in [0.3, 0.4) is 0 Å². The molecule has 1 fully saturated rings. The van der Waals surface area contributed by atoms with Crippen molar-refractivity contribution in [2.75, 3.05) is 18.8 Å². The number of carbonyl (C=O) groups is 1. The summed E-state index contributed by atoms with van der Waals surface area (Å²) < 4.78 is 0. The Hall–Kier alpha value is -1.69. The molecule has 6 nitrogen and oxygen atoms in total. The van der Waals surface area contributed by atoms with E-state index in [1.165, 1.54) is 19.3 Å². The largest absolute Gasteiger partial charge is 0.384 e. The van der Waals surface area contributed by atoms with Gasteiger partial charge in [-0.05, 0) is 37.9 Å². The number of aromatic nitrogens is 2. The number of hydrogen-bond donors (Lipinski definition) is 2. The molecule has 116 valence electrons. The van der Waals surface area contributed by atoms with Gasteiger partial charge in [0, 0.05) is 6.20 Å². The van der Waals surface area contributed by atoms with Crippen LogP contribution >= 0.6 is 0 Å². The second kappa shape index (κ2) is 7.36. The van der Waals surface area contributed by atoms with Crippen molar-refractivity contribution in [2.24, 2.45) is 5.92 Å². The molecule has 0 radical (unpaired) electrons. The smallest absolute Gasteiger partial charge is 0.237 e. The van der Waals surface area contributed by atoms with E-state index in [-0.39, 0.29) is 17.9 Å². The fourth-order valence-corrected chi connectivity index (χ4v) is 2.86. The van der Waals surface area contributed by atoms with Crippen molar-refractivity contribution in [1.82, 2.24) is 20.2 Å². The molecule has 3 N–H and O–H groups in total. The quantitative estimate of drug-likeness (QED) is 0.851. The van der Waals surface area contributed by atoms with Gasteiger partial charge in [-0.15, -0.1) is 0 Å². The molecule has 21 heavy (non-hydrogen) atoms. The normalized spacial score (nSPS) is 17.7. The molecule has 2 heterocycles. The number of amides is 1. The molecule has 1 aromatic rings. The molecular formula is C15H25N5O. The number of rotatable bonds is 5. The highest BCUT2D eigenvalue weighted by molar-refractivity contribution is 5.81. The fraction of sp³-hybridized carbons (Fsp3) is 0.667. The molecule has 0 spiro atoms. The zero-order chi connectivity index (χ0) is 15.2. The number of carbonyl (C=O) groups excluding carboxylic acids is 1. The number of likely N-dealkylation sites (tertiary alicyclic amines) is 1. The Labute approximate surface area is 126 Å². The Morgan fingerprint density at radius 3 is 2.71 bits per heavy atom. The highest BCUT2D eigenvalue weighted by Gasteiger charge is 2.29. The number of nitrogens with two attached hydrogens (primary N) is 1. The van der Waals surface area contributed by atoms with E-state index < -0.39 is 0 Å². The number of anilines is 1. The topological polar surface area (TPSA) is 84.1 Å². The summed E-state index contributed by atoms with van der Waals surface area (Å²) in [7, 11) is 0. The Bertz CT molecular complexity index is 471. The summed E-state index contributed by atoms with van der Waals surface area (Å²) in [4.78, 5) is 23.0. The Balaban J connectivity index is 1.95. The average Bonchev–Trinajstić information content (AvgIpc) is 2.46. The van der Waals surface area contributed by atoms with Gasteiger partial charge in [0.2, 0.25) is 5.91 Å². The second-order valence-corrected chi connectivity index (χ2v) is 5.90. The lowest BCUT2D eigenvalue weighted by atomic mass is 9.98. The van der Waals surface area contributed by atoms with Gasteiger partial charge in [0.05, 0.1) is 12.6 Å². The average molecular weight is 291 g/mol. The lowest BCUT2D eigenvalue weighted by molar-refractivity contribution is -0.128. The van der Waals surface area contributed by atoms with Crippen LogP contribution < -0.4 is 11.1 Å². The molecule has 1 aromatic heterocycles. The maximum atomic E-state index is 12.5. The first kappa shape index (κ1) is 15.7. The van der Waals surface area contributed by atoms with Crippen LogP contribution in [0.4, 0.5) is 5.82 Å². The van der Waals surface area contributed by atoms with Crippen LogP contribution in [0, 0.1) is 5.92 Å². The predicted molar refractivity (Wildman–Crippen MR) is 82.3 cm³/mol. The first-order valence-corrected chi connectivity index (χ1v) is 7.67. The maximum Gasteiger partial charge on any atom is 0.237 e. The van der Waals surface area contributed by atoms with Gasteiger partial charge in [-0.1, -0.05) is 20.3 Å². The summed E-state index contributed by atoms with van der Waals surface area (Å²) in [5.74, 6) is 1.30. The Morgan fingerprint density at radius 2 is 2.10 bits per heavy atom. The van der Waals surface area contributed by atoms with Crippen LogP contribution in [0.25, 0.3) is 0 Å². The van der Waals surface area contributed by atoms with Crippen LogP contribution in [0.5, 0.6) is 0 Å². The molecule has 0 saturated carbocycles. The lowest BCUT2D eigenvalue weighted by Crippen LogP contribution is -2.51. The van der Waals surface area contributed by atoms with E-state index in [4.69, 9.17) is 5.73 Å². The van der Waals surface area contributed by atoms with Gasteiger partial charge in [0.15, 0.2) is 0 Å². The fourth-order valence-electron chi connectivity index (χ4n) is 2.86. The van der Waals surface area contributed by atoms with E-state index in [0.29, 0.717) is 18.2 Å². The molecule has 1 amide bonds. The highest BCUT2D eigenvalue weighted by Crippen LogP contribution is 2.17. The molecule has 0 aromatic carbocycles. The van der Waals surface area contributed by atoms with Gasteiger partial charge in [-0.25, -0.2) is 9.97 Å². The van der Waals surface area contributed by atoms with Crippen LogP contribution in [-0.4, -0.2) is 39.9 Å². The molecule has 1 atom stereocenters. The molecule has 1 aliphatic rings. The van der Waals surface area contributed by atoms with Crippen LogP contribution in [0.1, 0.15) is 38.9 Å². The van der Waals surface area contributed by atoms with Crippen molar-refractivity contribution in [3.05, 3.63) is 18.1 Å². The van der Waals surface area contributed by atoms with Crippen molar-refractivity contribution in [3.63, 3.8) is 0 Å². The van der Waals surface area contributed by atoms with Crippen molar-refractivity contribution in [3.8, 4) is 0 Å². The standard InChI is InChI=1S/C15H25N5O/c1-11(2)14(20-8-4-3-5-9-20)15(21)18-10-13-17-7-6-12(16)19-13/h6-7,11,14H,3-5,8-10H2,1-2H3,(H,18,21)(H2,16,17,19). The summed E-state index contributed by atoms with van der Waals surface area (Å²) in [6, 6.07) is 1.56. The zero-order valence-electron chi connectivity index (χ0n) is 12.9. The molecule has 0 bridgehead atoms. The number of nitrogen functional groups attached to an aromatic ring is 1. The molecule has 6 heteroatoms. The molecule has 0 aliphatic carbocycles. The number of nitrogens with one attached hydrogen (secondary N) is 1. The van der Waals surface area contributed by atoms with Gasteiger partial charge in [0.25, 0.3) is 0 Å². The van der Waals surface area contributed by atoms with Gasteiger partial charge in [-0.2, -0.15) is 0 Å². The van der Waals surface area contributed by atoms with Gasteiger partial charge in [-0.3, -0.25) is 9.69 Å². The lowest BCUT2D eigenvalue weighted by Gasteiger charge is -2.35. The first-order chi connectivity index (χ1) is 10.1. The zero-order valence-corrected chi connectivity index (χ0v) is 12.9. The number of hydrogen-bond acceptors (Lipinski definition) is 5. The van der Waals surface area contributed by atoms with E-state index in [1.807, 2.05) is 0 Å². The highest BCUT2D eigenvalue weighted by atomic mass is 16.2. The summed E-state index contributed by atoms with van der Waals surface area (Å²) in [5.41, 5.74) is 5.62. The summed E-state index contributed by atoms with van der Waals surface area (Å²) >= 11 is 0. The van der Waals surface area contributed by atoms with Crippen molar-refractivity contribution in [2.45, 2.75) is 45.7 Å². The third-order valence-electron chi connectivity index (χ3n) is 3.83. The third-order valence-corrected chi connectivity index (χ3v) is 3.83. The van der Waals surface area contributed by atoms with Gasteiger partial charge < -0.3 is 11.1 Å². The van der Waals surface area contributed by atoms with E-state index in [0.717, 1.165) is 13.1 Å². The Morgan fingerprint density at radius 1 is 1.38 bits per heavy atom. The third kappa shape index (κ3) is 4.39. The molecular weight excluding hydrogens is 266 g/mol. The minimum absolute atomic E-state index is 0.0536. The van der Waals surface area contributed by atoms with Crippen molar-refractivity contribution >= 4 is 11.7 Å². The SMILES string of the molecule is CC(C)C(C(=O)NCc1nccc(N)n1)N1CCCCC1. The summed E-state index contributed by atoms with van der Waals surface area (Å²) in [5, 5.41) is 2.94. The van der Waals surface area contributed by atoms with Crippen molar-refractivity contribution < 1.29 is 4.79 Å². The minimum atomic E-state index is -0.0774. The molecule has 2 rings (SSSR count). The first-order valence-electron chi connectivity index (χ1n) is 7.67. The molecule has 1 aliphatic heterocycles. The molecule has 1 saturated heterocycles. The predicted octanol–water partition coefficient (Wildman–Crippen LogP) is 1.19. The summed E-state index contributed by atoms with van der Waals surface area (Å²) in [6.07, 6.45) is 5.22. The van der Waals surface area contributed by atoms with Crippen LogP contribution in [0.15, 0.2) is 12.3 Å². The van der Waals surface area contributed by atoms with E-state index in [9.17, 15) is 4.79 Å². The molecule has 1 unspecified atom stereocenters. The minimum Gasteiger partial charge on any atom is -0.384 e. The van der Waals surface area contributed by atoms with E-state index in [1.54, 1.807) is 12.3 Å². The summed E-state index contributed by atoms with van der Waals surface area (Å²) in [6.45, 7) is 6.52. The monoisotopic (exact) mass is 291 g/mol. The van der Waals surface area contributed by atoms with Gasteiger partial charge >= 0.3 is 0 Å². The second-order valence-electron chi connectivity index (χ2n) is 5.90. The van der Waals surface area contributed by atoms with E-state index in [2.05, 4.69) is 34.0 Å². The van der Waals surface area contributed by atoms with Crippen LogP contribution in [-0.2, 0) is 11.3 Å². The maximum absolute atomic E-state index is 12.5. The van der Waals surface area contributed by atoms with Gasteiger partial charge in [0.1, 0.15) is 11.6 Å². The van der Waals surface area contributed by atoms with E-state index >= 15 is 0 Å². The van der Waals surface area contributed by atoms with Crippen LogP contribution in [0.2, 0.25) is 0 Å². The van der Waals surface area contributed by atoms with Crippen molar-refractivity contribution in [1.29, 1.82) is 0 Å².